The molecule has 1 fully saturated rings. The minimum atomic E-state index is -1.14. The Hall–Kier alpha value is -3.87. The Kier molecular flexibility index (Phi) is 8.66. The summed E-state index contributed by atoms with van der Waals surface area (Å²) in [5.74, 6) is -1.27. The van der Waals surface area contributed by atoms with Crippen molar-refractivity contribution in [3.8, 4) is 11.1 Å². The standard InChI is InChI=1S/C31H36FN3O3/c1-20(2)19-35(25-7-5-4-6-8-25)29-16-11-22(27-18-23(32)12-15-26(27)30(36)37)17-28(29)34-31(38)33-24-13-9-21(3)10-14-24/h9-18,20,25H,4-8,19H2,1-3H3,(H,36,37)(H2,33,34,38). The normalized spacial score (nSPS) is 13.8. The largest absolute Gasteiger partial charge is 0.478 e. The fourth-order valence-corrected chi connectivity index (χ4v) is 5.15. The Morgan fingerprint density at radius 1 is 0.974 bits per heavy atom. The number of benzene rings is 3. The van der Waals surface area contributed by atoms with E-state index in [1.165, 1.54) is 31.4 Å². The van der Waals surface area contributed by atoms with Gasteiger partial charge in [0.15, 0.2) is 0 Å². The number of nitrogens with zero attached hydrogens (tertiary/aromatic N) is 1. The van der Waals surface area contributed by atoms with Gasteiger partial charge in [0, 0.05) is 18.3 Å². The number of hydrogen-bond acceptors (Lipinski definition) is 3. The molecule has 200 valence electrons. The third-order valence-corrected chi connectivity index (χ3v) is 6.96. The van der Waals surface area contributed by atoms with Gasteiger partial charge in [0.2, 0.25) is 0 Å². The Labute approximate surface area is 223 Å². The van der Waals surface area contributed by atoms with Crippen molar-refractivity contribution in [2.24, 2.45) is 5.92 Å². The van der Waals surface area contributed by atoms with Crippen molar-refractivity contribution < 1.29 is 19.1 Å². The number of halogens is 1. The third kappa shape index (κ3) is 6.71. The van der Waals surface area contributed by atoms with Crippen LogP contribution in [0.25, 0.3) is 11.1 Å². The van der Waals surface area contributed by atoms with Gasteiger partial charge in [-0.2, -0.15) is 0 Å². The Bertz CT molecular complexity index is 1280. The second kappa shape index (κ2) is 12.1. The number of rotatable bonds is 8. The molecule has 1 saturated carbocycles. The van der Waals surface area contributed by atoms with Crippen LogP contribution in [0, 0.1) is 18.7 Å². The van der Waals surface area contributed by atoms with Crippen LogP contribution in [0.4, 0.5) is 26.2 Å². The maximum absolute atomic E-state index is 14.2. The first-order chi connectivity index (χ1) is 18.2. The molecule has 0 bridgehead atoms. The molecule has 3 N–H and O–H groups in total. The second-order valence-electron chi connectivity index (χ2n) is 10.5. The topological polar surface area (TPSA) is 81.7 Å². The van der Waals surface area contributed by atoms with Crippen LogP contribution in [0.1, 0.15) is 61.9 Å². The first-order valence-corrected chi connectivity index (χ1v) is 13.3. The highest BCUT2D eigenvalue weighted by Crippen LogP contribution is 2.37. The monoisotopic (exact) mass is 517 g/mol. The third-order valence-electron chi connectivity index (χ3n) is 6.96. The fourth-order valence-electron chi connectivity index (χ4n) is 5.15. The Morgan fingerprint density at radius 2 is 1.68 bits per heavy atom. The summed E-state index contributed by atoms with van der Waals surface area (Å²) < 4.78 is 14.2. The summed E-state index contributed by atoms with van der Waals surface area (Å²) in [5.41, 5.74) is 3.96. The molecule has 1 aliphatic rings. The van der Waals surface area contributed by atoms with E-state index in [1.807, 2.05) is 43.3 Å². The van der Waals surface area contributed by atoms with Crippen molar-refractivity contribution in [1.82, 2.24) is 0 Å². The van der Waals surface area contributed by atoms with Crippen LogP contribution < -0.4 is 15.5 Å². The molecule has 4 rings (SSSR count). The van der Waals surface area contributed by atoms with Gasteiger partial charge in [0.05, 0.1) is 16.9 Å². The molecule has 7 heteroatoms. The molecule has 0 aliphatic heterocycles. The van der Waals surface area contributed by atoms with Crippen LogP contribution in [0.2, 0.25) is 0 Å². The quantitative estimate of drug-likeness (QED) is 0.283. The lowest BCUT2D eigenvalue weighted by atomic mass is 9.92. The number of nitrogens with one attached hydrogen (secondary N) is 2. The van der Waals surface area contributed by atoms with E-state index in [0.717, 1.165) is 36.7 Å². The molecule has 0 saturated heterocycles. The molecule has 0 atom stereocenters. The first kappa shape index (κ1) is 27.2. The van der Waals surface area contributed by atoms with Crippen LogP contribution >= 0.6 is 0 Å². The molecule has 1 aliphatic carbocycles. The number of aryl methyl sites for hydroxylation is 1. The number of urea groups is 1. The lowest BCUT2D eigenvalue weighted by molar-refractivity contribution is 0.0697. The number of carbonyl (C=O) groups excluding carboxylic acids is 1. The minimum absolute atomic E-state index is 0.000485. The summed E-state index contributed by atoms with van der Waals surface area (Å²) in [6.45, 7) is 7.15. The van der Waals surface area contributed by atoms with Crippen molar-refractivity contribution in [3.05, 3.63) is 77.6 Å². The molecular formula is C31H36FN3O3. The van der Waals surface area contributed by atoms with Gasteiger partial charge in [-0.25, -0.2) is 14.0 Å². The molecule has 6 nitrogen and oxygen atoms in total. The summed E-state index contributed by atoms with van der Waals surface area (Å²) in [4.78, 5) is 27.4. The fraction of sp³-hybridized carbons (Fsp3) is 0.355. The van der Waals surface area contributed by atoms with E-state index in [9.17, 15) is 19.1 Å². The smallest absolute Gasteiger partial charge is 0.336 e. The van der Waals surface area contributed by atoms with Crippen LogP contribution in [0.5, 0.6) is 0 Å². The number of aromatic carboxylic acids is 1. The number of hydrogen-bond donors (Lipinski definition) is 3. The van der Waals surface area contributed by atoms with Gasteiger partial charge < -0.3 is 20.6 Å². The summed E-state index contributed by atoms with van der Waals surface area (Å²) in [6, 6.07) is 16.6. The molecular weight excluding hydrogens is 481 g/mol. The second-order valence-corrected chi connectivity index (χ2v) is 10.5. The van der Waals surface area contributed by atoms with E-state index in [4.69, 9.17) is 0 Å². The maximum atomic E-state index is 14.2. The van der Waals surface area contributed by atoms with E-state index in [2.05, 4.69) is 29.4 Å². The highest BCUT2D eigenvalue weighted by atomic mass is 19.1. The predicted molar refractivity (Wildman–Crippen MR) is 152 cm³/mol. The zero-order valence-corrected chi connectivity index (χ0v) is 22.3. The summed E-state index contributed by atoms with van der Waals surface area (Å²) in [7, 11) is 0. The molecule has 38 heavy (non-hydrogen) atoms. The van der Waals surface area contributed by atoms with E-state index in [1.54, 1.807) is 6.07 Å². The average Bonchev–Trinajstić information content (AvgIpc) is 2.89. The van der Waals surface area contributed by atoms with Crippen molar-refractivity contribution in [1.29, 1.82) is 0 Å². The number of carboxylic acid groups (broad SMARTS) is 1. The summed E-state index contributed by atoms with van der Waals surface area (Å²) in [6.07, 6.45) is 5.72. The maximum Gasteiger partial charge on any atom is 0.336 e. The van der Waals surface area contributed by atoms with Gasteiger partial charge >= 0.3 is 12.0 Å². The van der Waals surface area contributed by atoms with Crippen LogP contribution in [-0.2, 0) is 0 Å². The van der Waals surface area contributed by atoms with Gasteiger partial charge in [-0.15, -0.1) is 0 Å². The number of anilines is 3. The average molecular weight is 518 g/mol. The van der Waals surface area contributed by atoms with Gasteiger partial charge in [0.25, 0.3) is 0 Å². The van der Waals surface area contributed by atoms with Crippen LogP contribution in [0.3, 0.4) is 0 Å². The Morgan fingerprint density at radius 3 is 2.34 bits per heavy atom. The van der Waals surface area contributed by atoms with Gasteiger partial charge in [0.1, 0.15) is 5.82 Å². The number of carbonyl (C=O) groups is 2. The van der Waals surface area contributed by atoms with Gasteiger partial charge in [-0.05, 0) is 79.3 Å². The van der Waals surface area contributed by atoms with Crippen molar-refractivity contribution in [3.63, 3.8) is 0 Å². The van der Waals surface area contributed by atoms with Crippen LogP contribution in [0.15, 0.2) is 60.7 Å². The van der Waals surface area contributed by atoms with E-state index in [0.29, 0.717) is 28.9 Å². The van der Waals surface area contributed by atoms with Crippen molar-refractivity contribution >= 4 is 29.1 Å². The molecule has 3 aromatic carbocycles. The molecule has 0 unspecified atom stereocenters. The SMILES string of the molecule is Cc1ccc(NC(=O)Nc2cc(-c3cc(F)ccc3C(=O)O)ccc2N(CC(C)C)C2CCCCC2)cc1. The first-order valence-electron chi connectivity index (χ1n) is 13.3. The van der Waals surface area contributed by atoms with Crippen molar-refractivity contribution in [2.45, 2.75) is 58.9 Å². The van der Waals surface area contributed by atoms with Gasteiger partial charge in [-0.1, -0.05) is 56.9 Å². The van der Waals surface area contributed by atoms with Crippen molar-refractivity contribution in [2.75, 3.05) is 22.1 Å². The Balaban J connectivity index is 1.76. The minimum Gasteiger partial charge on any atom is -0.478 e. The molecule has 3 aromatic rings. The lowest BCUT2D eigenvalue weighted by Crippen LogP contribution is -2.40. The van der Waals surface area contributed by atoms with Crippen LogP contribution in [-0.4, -0.2) is 29.7 Å². The summed E-state index contributed by atoms with van der Waals surface area (Å²) >= 11 is 0. The zero-order chi connectivity index (χ0) is 27.2. The summed E-state index contributed by atoms with van der Waals surface area (Å²) in [5, 5.41) is 15.6. The lowest BCUT2D eigenvalue weighted by Gasteiger charge is -2.38. The number of carboxylic acids is 1. The predicted octanol–water partition coefficient (Wildman–Crippen LogP) is 7.94. The highest BCUT2D eigenvalue weighted by Gasteiger charge is 2.25. The van der Waals surface area contributed by atoms with E-state index < -0.39 is 17.8 Å². The molecule has 0 radical (unpaired) electrons. The highest BCUT2D eigenvalue weighted by molar-refractivity contribution is 6.03. The number of amides is 2. The molecule has 0 heterocycles. The molecule has 0 spiro atoms. The van der Waals surface area contributed by atoms with E-state index in [-0.39, 0.29) is 11.1 Å². The zero-order valence-electron chi connectivity index (χ0n) is 22.3. The van der Waals surface area contributed by atoms with Gasteiger partial charge in [-0.3, -0.25) is 0 Å². The molecule has 0 aromatic heterocycles. The molecule has 2 amide bonds. The van der Waals surface area contributed by atoms with E-state index >= 15 is 0 Å².